The van der Waals surface area contributed by atoms with Crippen LogP contribution in [0.1, 0.15) is 0 Å². The Labute approximate surface area is 327 Å². The van der Waals surface area contributed by atoms with E-state index in [1.807, 2.05) is 97.1 Å². The molecule has 17 heteroatoms. The molecule has 0 aliphatic carbocycles. The molecule has 0 saturated carbocycles. The summed E-state index contributed by atoms with van der Waals surface area (Å²) in [5, 5.41) is 0. The summed E-state index contributed by atoms with van der Waals surface area (Å²) in [5.74, 6) is 0.940. The fourth-order valence-corrected chi connectivity index (χ4v) is 7.10. The Morgan fingerprint density at radius 3 is 0.684 bits per heavy atom. The van der Waals surface area contributed by atoms with E-state index >= 15 is 0 Å². The monoisotopic (exact) mass is 783 g/mol. The maximum absolute atomic E-state index is 4.98. The maximum atomic E-state index is 4.98. The van der Waals surface area contributed by atoms with E-state index in [0.29, 0.717) is 89.0 Å². The van der Waals surface area contributed by atoms with Gasteiger partial charge in [-0.25, -0.2) is 49.8 Å². The van der Waals surface area contributed by atoms with E-state index in [9.17, 15) is 0 Å². The molecule has 2 aliphatic heterocycles. The van der Waals surface area contributed by atoms with E-state index in [0.717, 1.165) is 0 Å². The minimum absolute atomic E-state index is 0. The van der Waals surface area contributed by atoms with E-state index < -0.39 is 0 Å². The van der Waals surface area contributed by atoms with E-state index in [4.69, 9.17) is 79.7 Å². The molecule has 11 aromatic rings. The summed E-state index contributed by atoms with van der Waals surface area (Å²) in [4.78, 5) is 79.2. The van der Waals surface area contributed by atoms with Crippen LogP contribution in [-0.4, -0.2) is 69.8 Å². The second-order valence-electron chi connectivity index (χ2n) is 13.1. The standard InChI is InChI=1S/C40H16N16.Cu/c1-2-10-18-17(9-1)41-25-26(42-18)34-49-33(25)53-35-27-28(44-20-12-4-3-11-19(20)43-27)37(50-35)55-39-31-32(48-24-16-8-7-15-23(24)47-31)40(52-39)56-38-30-29(36(51-38)54-34)45-21-13-5-6-14-22(21)46-30;/h1-16H;/q-2;+2. The van der Waals surface area contributed by atoms with Crippen molar-refractivity contribution in [3.8, 4) is 46.1 Å². The summed E-state index contributed by atoms with van der Waals surface area (Å²) >= 11 is 0. The van der Waals surface area contributed by atoms with Gasteiger partial charge in [0.15, 0.2) is 0 Å². The Balaban J connectivity index is 0.00000356. The molecule has 1 radical (unpaired) electrons. The number of fused-ring (bicyclic) bond motifs is 24. The van der Waals surface area contributed by atoms with Crippen LogP contribution in [0.5, 0.6) is 0 Å². The Bertz CT molecular complexity index is 3270. The van der Waals surface area contributed by atoms with Crippen molar-refractivity contribution in [3.05, 3.63) is 97.1 Å². The molecule has 0 saturated heterocycles. The SMILES string of the molecule is [Cu+2].c1ccc2nc3c(nc2c1)-c1nc-3nc2[n-]c(nc3nc(nc4[n-]c(n1)c1nc5ccccc5nc41)-c1nc4ccccc4nc1-3)c1nc3ccccc3nc21. The Kier molecular flexibility index (Phi) is 6.38. The smallest absolute Gasteiger partial charge is 0.354 e. The Morgan fingerprint density at radius 1 is 0.246 bits per heavy atom. The first-order valence-electron chi connectivity index (χ1n) is 17.5. The minimum Gasteiger partial charge on any atom is -0.354 e. The maximum Gasteiger partial charge on any atom is 2.00 e. The Morgan fingerprint density at radius 2 is 0.456 bits per heavy atom. The fraction of sp³-hybridized carbons (Fsp3) is 0. The van der Waals surface area contributed by atoms with Gasteiger partial charge in [0.05, 0.1) is 44.1 Å². The van der Waals surface area contributed by atoms with Crippen molar-refractivity contribution in [2.75, 3.05) is 0 Å². The van der Waals surface area contributed by atoms with Crippen LogP contribution in [0.15, 0.2) is 97.1 Å². The second-order valence-corrected chi connectivity index (χ2v) is 13.1. The molecule has 4 aromatic carbocycles. The third-order valence-corrected chi connectivity index (χ3v) is 9.67. The summed E-state index contributed by atoms with van der Waals surface area (Å²) in [5.41, 5.74) is 9.60. The minimum atomic E-state index is 0. The van der Waals surface area contributed by atoms with Crippen molar-refractivity contribution in [2.24, 2.45) is 0 Å². The molecule has 0 amide bonds. The number of benzene rings is 4. The Hall–Kier alpha value is -7.88. The van der Waals surface area contributed by atoms with E-state index in [1.54, 1.807) is 0 Å². The van der Waals surface area contributed by atoms with Gasteiger partial charge in [-0.1, -0.05) is 48.5 Å². The van der Waals surface area contributed by atoms with Crippen molar-refractivity contribution >= 4 is 88.8 Å². The van der Waals surface area contributed by atoms with Gasteiger partial charge in [-0.3, -0.25) is 0 Å². The first-order chi connectivity index (χ1) is 27.7. The average molecular weight is 784 g/mol. The van der Waals surface area contributed by atoms with Crippen LogP contribution in [0.2, 0.25) is 0 Å². The zero-order chi connectivity index (χ0) is 36.5. The van der Waals surface area contributed by atoms with Crippen molar-refractivity contribution in [2.45, 2.75) is 0 Å². The molecule has 0 fully saturated rings. The number of hydrogen-bond acceptors (Lipinski definition) is 14. The van der Waals surface area contributed by atoms with Crippen LogP contribution in [0, 0.1) is 0 Å². The molecule has 57 heavy (non-hydrogen) atoms. The summed E-state index contributed by atoms with van der Waals surface area (Å²) < 4.78 is 0. The van der Waals surface area contributed by atoms with Crippen LogP contribution in [0.3, 0.4) is 0 Å². The molecule has 16 nitrogen and oxygen atoms in total. The molecule has 0 unspecified atom stereocenters. The third-order valence-electron chi connectivity index (χ3n) is 9.67. The molecule has 2 aliphatic rings. The molecule has 9 heterocycles. The number of rotatable bonds is 0. The summed E-state index contributed by atoms with van der Waals surface area (Å²) in [6, 6.07) is 30.3. The van der Waals surface area contributed by atoms with Gasteiger partial charge in [0, 0.05) is 22.6 Å². The van der Waals surface area contributed by atoms with Gasteiger partial charge in [-0.05, 0) is 48.5 Å². The van der Waals surface area contributed by atoms with Gasteiger partial charge in [-0.15, -0.1) is 0 Å². The van der Waals surface area contributed by atoms with E-state index in [-0.39, 0.29) is 63.0 Å². The van der Waals surface area contributed by atoms with Gasteiger partial charge >= 0.3 is 17.1 Å². The van der Waals surface area contributed by atoms with Crippen LogP contribution in [0.25, 0.3) is 135 Å². The number of hydrogen-bond donors (Lipinski definition) is 0. The van der Waals surface area contributed by atoms with Gasteiger partial charge < -0.3 is 29.9 Å². The molecule has 0 N–H and O–H groups in total. The van der Waals surface area contributed by atoms with Gasteiger partial charge in [0.1, 0.15) is 68.1 Å². The molecule has 13 rings (SSSR count). The number of para-hydroxylation sites is 8. The van der Waals surface area contributed by atoms with Crippen molar-refractivity contribution < 1.29 is 17.1 Å². The van der Waals surface area contributed by atoms with E-state index in [2.05, 4.69) is 0 Å². The number of nitrogens with zero attached hydrogens (tertiary/aromatic N) is 16. The summed E-state index contributed by atoms with van der Waals surface area (Å²) in [6.45, 7) is 0. The zero-order valence-electron chi connectivity index (χ0n) is 28.7. The quantitative estimate of drug-likeness (QED) is 0.164. The number of aromatic nitrogens is 16. The second kappa shape index (κ2) is 11.6. The normalized spacial score (nSPS) is 12.1. The third kappa shape index (κ3) is 4.67. The zero-order valence-corrected chi connectivity index (χ0v) is 29.6. The van der Waals surface area contributed by atoms with Crippen molar-refractivity contribution in [1.82, 2.24) is 79.7 Å². The topological polar surface area (TPSA) is 209 Å². The van der Waals surface area contributed by atoms with Crippen molar-refractivity contribution in [3.63, 3.8) is 0 Å². The van der Waals surface area contributed by atoms with E-state index in [1.165, 1.54) is 0 Å². The fourth-order valence-electron chi connectivity index (χ4n) is 7.10. The van der Waals surface area contributed by atoms with Gasteiger partial charge in [0.25, 0.3) is 0 Å². The first kappa shape index (κ1) is 31.5. The summed E-state index contributed by atoms with van der Waals surface area (Å²) in [6.07, 6.45) is 0. The molecule has 267 valence electrons. The molecule has 0 atom stereocenters. The van der Waals surface area contributed by atoms with Gasteiger partial charge in [-0.2, -0.15) is 0 Å². The summed E-state index contributed by atoms with van der Waals surface area (Å²) in [7, 11) is 0. The largest absolute Gasteiger partial charge is 2.00 e. The molecule has 8 bridgehead atoms. The average Bonchev–Trinajstić information content (AvgIpc) is 3.95. The predicted octanol–water partition coefficient (Wildman–Crippen LogP) is 5.90. The van der Waals surface area contributed by atoms with Crippen LogP contribution in [-0.2, 0) is 17.1 Å². The molecular formula is C40H16CuN16. The van der Waals surface area contributed by atoms with Gasteiger partial charge in [0.2, 0.25) is 0 Å². The molecule has 0 spiro atoms. The molecular weight excluding hydrogens is 768 g/mol. The van der Waals surface area contributed by atoms with Crippen LogP contribution >= 0.6 is 0 Å². The molecule has 7 aromatic heterocycles. The van der Waals surface area contributed by atoms with Crippen molar-refractivity contribution in [1.29, 1.82) is 0 Å². The predicted molar refractivity (Wildman–Crippen MR) is 206 cm³/mol. The first-order valence-corrected chi connectivity index (χ1v) is 17.5. The van der Waals surface area contributed by atoms with Crippen LogP contribution in [0.4, 0.5) is 0 Å². The van der Waals surface area contributed by atoms with Crippen LogP contribution < -0.4 is 9.97 Å².